The molecule has 2 aromatic heterocycles. The van der Waals surface area contributed by atoms with Crippen LogP contribution in [-0.4, -0.2) is 45.7 Å². The minimum Gasteiger partial charge on any atom is -0.346 e. The van der Waals surface area contributed by atoms with Crippen molar-refractivity contribution in [2.45, 2.75) is 25.4 Å². The topological polar surface area (TPSA) is 63.1 Å². The van der Waals surface area contributed by atoms with Crippen LogP contribution in [0.3, 0.4) is 0 Å². The van der Waals surface area contributed by atoms with E-state index in [9.17, 15) is 13.6 Å². The number of hydrogen-bond donors (Lipinski definition) is 1. The molecule has 8 heteroatoms. The molecule has 2 aliphatic heterocycles. The van der Waals surface area contributed by atoms with E-state index in [1.807, 2.05) is 16.9 Å². The van der Waals surface area contributed by atoms with E-state index < -0.39 is 11.6 Å². The van der Waals surface area contributed by atoms with Crippen molar-refractivity contribution in [3.63, 3.8) is 0 Å². The molecular weight excluding hydrogens is 388 g/mol. The van der Waals surface area contributed by atoms with Crippen LogP contribution in [-0.2, 0) is 6.54 Å². The van der Waals surface area contributed by atoms with Gasteiger partial charge < -0.3 is 10.2 Å². The summed E-state index contributed by atoms with van der Waals surface area (Å²) >= 11 is 0. The van der Waals surface area contributed by atoms with Gasteiger partial charge in [-0.1, -0.05) is 6.07 Å². The molecule has 1 fully saturated rings. The van der Waals surface area contributed by atoms with Crippen LogP contribution in [0.2, 0.25) is 0 Å². The van der Waals surface area contributed by atoms with Gasteiger partial charge in [0.15, 0.2) is 0 Å². The maximum atomic E-state index is 14.4. The smallest absolute Gasteiger partial charge is 0.254 e. The zero-order valence-corrected chi connectivity index (χ0v) is 16.5. The van der Waals surface area contributed by atoms with Gasteiger partial charge in [0.25, 0.3) is 5.91 Å². The van der Waals surface area contributed by atoms with Crippen LogP contribution in [0.15, 0.2) is 36.5 Å². The molecule has 2 aliphatic rings. The summed E-state index contributed by atoms with van der Waals surface area (Å²) in [5.74, 6) is -1.63. The predicted molar refractivity (Wildman–Crippen MR) is 108 cm³/mol. The number of nitrogens with one attached hydrogen (secondary N) is 1. The lowest BCUT2D eigenvalue weighted by Gasteiger charge is -2.29. The third-order valence-electron chi connectivity index (χ3n) is 5.90. The first-order chi connectivity index (χ1) is 14.5. The zero-order valence-electron chi connectivity index (χ0n) is 16.5. The molecule has 1 amide bonds. The van der Waals surface area contributed by atoms with Crippen LogP contribution in [0.5, 0.6) is 0 Å². The van der Waals surface area contributed by atoms with Gasteiger partial charge in [-0.25, -0.2) is 13.8 Å². The minimum absolute atomic E-state index is 0.157. The summed E-state index contributed by atoms with van der Waals surface area (Å²) in [7, 11) is 2.10. The molecule has 0 aliphatic carbocycles. The van der Waals surface area contributed by atoms with E-state index in [-0.39, 0.29) is 23.7 Å². The summed E-state index contributed by atoms with van der Waals surface area (Å²) in [5.41, 5.74) is 2.00. The number of nitrogens with zero attached hydrogens (tertiary/aromatic N) is 4. The molecule has 1 aromatic carbocycles. The Morgan fingerprint density at radius 3 is 2.53 bits per heavy atom. The number of amides is 1. The first kappa shape index (κ1) is 18.9. The van der Waals surface area contributed by atoms with Gasteiger partial charge in [0.2, 0.25) is 0 Å². The number of pyridine rings is 1. The molecular formula is C22H21F2N5O. The largest absolute Gasteiger partial charge is 0.346 e. The summed E-state index contributed by atoms with van der Waals surface area (Å²) in [6.45, 7) is 2.23. The lowest BCUT2D eigenvalue weighted by atomic mass is 10.0. The summed E-state index contributed by atoms with van der Waals surface area (Å²) < 4.78 is 30.7. The molecule has 3 aromatic rings. The fourth-order valence-electron chi connectivity index (χ4n) is 4.25. The molecule has 0 unspecified atom stereocenters. The molecule has 1 N–H and O–H groups in total. The van der Waals surface area contributed by atoms with Crippen LogP contribution in [0.1, 0.15) is 34.9 Å². The van der Waals surface area contributed by atoms with Gasteiger partial charge in [-0.05, 0) is 57.2 Å². The van der Waals surface area contributed by atoms with E-state index in [1.54, 1.807) is 6.07 Å². The van der Waals surface area contributed by atoms with Crippen molar-refractivity contribution in [1.29, 1.82) is 0 Å². The standard InChI is InChI=1S/C22H21F2N5O/c1-28-8-5-13(6-9-28)29-10-7-17(27-29)14-11-18(21-15(23)3-2-4-16(21)24)26-19-12-25-22(30)20(14)19/h2-4,7,10-11,13H,5-6,8-9,12H2,1H3,(H,25,30). The SMILES string of the molecule is CN1CCC(n2ccc(-c3cc(-c4c(F)cccc4F)nc4c3C(=O)NC4)n2)CC1. The van der Waals surface area contributed by atoms with Crippen LogP contribution in [0.4, 0.5) is 8.78 Å². The van der Waals surface area contributed by atoms with Crippen molar-refractivity contribution in [2.75, 3.05) is 20.1 Å². The fraction of sp³-hybridized carbons (Fsp3) is 0.318. The van der Waals surface area contributed by atoms with Crippen LogP contribution >= 0.6 is 0 Å². The number of halogens is 2. The van der Waals surface area contributed by atoms with Gasteiger partial charge >= 0.3 is 0 Å². The normalized spacial score (nSPS) is 17.2. The van der Waals surface area contributed by atoms with E-state index in [1.165, 1.54) is 18.2 Å². The van der Waals surface area contributed by atoms with Gasteiger partial charge in [-0.2, -0.15) is 5.10 Å². The van der Waals surface area contributed by atoms with E-state index in [0.29, 0.717) is 28.6 Å². The number of benzene rings is 1. The van der Waals surface area contributed by atoms with Crippen molar-refractivity contribution < 1.29 is 13.6 Å². The molecule has 6 nitrogen and oxygen atoms in total. The highest BCUT2D eigenvalue weighted by molar-refractivity contribution is 6.04. The molecule has 0 radical (unpaired) electrons. The van der Waals surface area contributed by atoms with Gasteiger partial charge in [0.05, 0.1) is 40.8 Å². The molecule has 5 rings (SSSR count). The highest BCUT2D eigenvalue weighted by Gasteiger charge is 2.29. The van der Waals surface area contributed by atoms with Gasteiger partial charge in [0.1, 0.15) is 11.6 Å². The third-order valence-corrected chi connectivity index (χ3v) is 5.90. The van der Waals surface area contributed by atoms with Gasteiger partial charge in [-0.3, -0.25) is 9.48 Å². The molecule has 4 heterocycles. The minimum atomic E-state index is -0.692. The van der Waals surface area contributed by atoms with E-state index in [2.05, 4.69) is 22.2 Å². The number of rotatable bonds is 3. The van der Waals surface area contributed by atoms with Crippen molar-refractivity contribution in [3.05, 3.63) is 59.4 Å². The quantitative estimate of drug-likeness (QED) is 0.720. The lowest BCUT2D eigenvalue weighted by molar-refractivity contribution is 0.0966. The number of fused-ring (bicyclic) bond motifs is 1. The van der Waals surface area contributed by atoms with Crippen molar-refractivity contribution in [3.8, 4) is 22.5 Å². The van der Waals surface area contributed by atoms with Gasteiger partial charge in [-0.15, -0.1) is 0 Å². The second-order valence-corrected chi connectivity index (χ2v) is 7.87. The number of aromatic nitrogens is 3. The predicted octanol–water partition coefficient (Wildman–Crippen LogP) is 3.40. The van der Waals surface area contributed by atoms with E-state index in [4.69, 9.17) is 5.10 Å². The Balaban J connectivity index is 1.60. The first-order valence-electron chi connectivity index (χ1n) is 10.0. The van der Waals surface area contributed by atoms with Crippen LogP contribution < -0.4 is 5.32 Å². The summed E-state index contributed by atoms with van der Waals surface area (Å²) in [6, 6.07) is 7.42. The van der Waals surface area contributed by atoms with E-state index in [0.717, 1.165) is 25.9 Å². The van der Waals surface area contributed by atoms with E-state index >= 15 is 0 Å². The Morgan fingerprint density at radius 2 is 1.80 bits per heavy atom. The monoisotopic (exact) mass is 409 g/mol. The summed E-state index contributed by atoms with van der Waals surface area (Å²) in [5, 5.41) is 7.47. The zero-order chi connectivity index (χ0) is 20.8. The Labute approximate surface area is 172 Å². The Bertz CT molecular complexity index is 1110. The van der Waals surface area contributed by atoms with Crippen LogP contribution in [0, 0.1) is 11.6 Å². The molecule has 0 spiro atoms. The molecule has 1 saturated heterocycles. The summed E-state index contributed by atoms with van der Waals surface area (Å²) in [6.07, 6.45) is 3.91. The first-order valence-corrected chi connectivity index (χ1v) is 10.0. The number of carbonyl (C=O) groups excluding carboxylic acids is 1. The molecule has 30 heavy (non-hydrogen) atoms. The maximum absolute atomic E-state index is 14.4. The van der Waals surface area contributed by atoms with Crippen molar-refractivity contribution in [2.24, 2.45) is 0 Å². The average molecular weight is 409 g/mol. The number of carbonyl (C=O) groups is 1. The Kier molecular flexibility index (Phi) is 4.58. The maximum Gasteiger partial charge on any atom is 0.254 e. The third kappa shape index (κ3) is 3.17. The number of piperidine rings is 1. The Morgan fingerprint density at radius 1 is 1.07 bits per heavy atom. The summed E-state index contributed by atoms with van der Waals surface area (Å²) in [4.78, 5) is 19.1. The molecule has 0 bridgehead atoms. The Hall–Kier alpha value is -3.13. The lowest BCUT2D eigenvalue weighted by Crippen LogP contribution is -2.31. The highest BCUT2D eigenvalue weighted by atomic mass is 19.1. The highest BCUT2D eigenvalue weighted by Crippen LogP contribution is 2.34. The number of likely N-dealkylation sites (tertiary alicyclic amines) is 1. The second kappa shape index (κ2) is 7.28. The van der Waals surface area contributed by atoms with Gasteiger partial charge in [0, 0.05) is 11.8 Å². The molecule has 0 saturated carbocycles. The molecule has 154 valence electrons. The van der Waals surface area contributed by atoms with Crippen LogP contribution in [0.25, 0.3) is 22.5 Å². The van der Waals surface area contributed by atoms with Crippen molar-refractivity contribution in [1.82, 2.24) is 25.0 Å². The second-order valence-electron chi connectivity index (χ2n) is 7.87. The van der Waals surface area contributed by atoms with Crippen molar-refractivity contribution >= 4 is 5.91 Å². The molecule has 0 atom stereocenters. The number of hydrogen-bond acceptors (Lipinski definition) is 4. The average Bonchev–Trinajstić information content (AvgIpc) is 3.36. The fourth-order valence-corrected chi connectivity index (χ4v) is 4.25.